The maximum absolute atomic E-state index is 12.2. The zero-order chi connectivity index (χ0) is 21.4. The van der Waals surface area contributed by atoms with Crippen LogP contribution in [0.5, 0.6) is 0 Å². The minimum absolute atomic E-state index is 0.107. The number of carboxylic acids is 1. The number of carbonyl (C=O) groups is 3. The maximum Gasteiger partial charge on any atom is 0.314 e. The van der Waals surface area contributed by atoms with Crippen molar-refractivity contribution in [2.75, 3.05) is 10.6 Å². The highest BCUT2D eigenvalue weighted by atomic mass is 16.4. The molecular weight excluding hydrogens is 368 g/mol. The second kappa shape index (κ2) is 10.1. The van der Waals surface area contributed by atoms with Crippen molar-refractivity contribution >= 4 is 29.2 Å². The van der Waals surface area contributed by atoms with Gasteiger partial charge in [0.2, 0.25) is 0 Å². The van der Waals surface area contributed by atoms with E-state index in [2.05, 4.69) is 22.5 Å². The first-order valence-corrected chi connectivity index (χ1v) is 9.26. The van der Waals surface area contributed by atoms with Gasteiger partial charge in [-0.1, -0.05) is 44.0 Å². The Bertz CT molecular complexity index is 953. The summed E-state index contributed by atoms with van der Waals surface area (Å²) >= 11 is 0. The Kier molecular flexibility index (Phi) is 7.55. The molecule has 0 saturated carbocycles. The van der Waals surface area contributed by atoms with Crippen LogP contribution in [-0.2, 0) is 14.4 Å². The van der Waals surface area contributed by atoms with Gasteiger partial charge in [0.1, 0.15) is 0 Å². The SMILES string of the molecule is CC#C[C@@H](CC(=O)O)c1ccc(NC(=O)C(=O)Nc2cccc(C(C)C)c2)cc1. The third-order valence-corrected chi connectivity index (χ3v) is 4.29. The molecule has 0 aliphatic rings. The molecule has 0 aromatic heterocycles. The number of hydrogen-bond donors (Lipinski definition) is 3. The van der Waals surface area contributed by atoms with Gasteiger partial charge in [0.15, 0.2) is 0 Å². The van der Waals surface area contributed by atoms with E-state index in [4.69, 9.17) is 5.11 Å². The minimum Gasteiger partial charge on any atom is -0.481 e. The summed E-state index contributed by atoms with van der Waals surface area (Å²) in [4.78, 5) is 35.3. The quantitative estimate of drug-likeness (QED) is 0.512. The summed E-state index contributed by atoms with van der Waals surface area (Å²) in [6.07, 6.45) is -0.107. The summed E-state index contributed by atoms with van der Waals surface area (Å²) in [6.45, 7) is 5.74. The van der Waals surface area contributed by atoms with Crippen molar-refractivity contribution in [2.45, 2.75) is 39.0 Å². The van der Waals surface area contributed by atoms with Gasteiger partial charge in [0.05, 0.1) is 12.3 Å². The summed E-state index contributed by atoms with van der Waals surface area (Å²) in [7, 11) is 0. The van der Waals surface area contributed by atoms with E-state index in [-0.39, 0.29) is 6.42 Å². The number of amides is 2. The second-order valence-electron chi connectivity index (χ2n) is 6.86. The van der Waals surface area contributed by atoms with Gasteiger partial charge >= 0.3 is 17.8 Å². The molecule has 2 aromatic rings. The fourth-order valence-electron chi connectivity index (χ4n) is 2.75. The molecule has 2 rings (SSSR count). The van der Waals surface area contributed by atoms with E-state index in [9.17, 15) is 14.4 Å². The smallest absolute Gasteiger partial charge is 0.314 e. The highest BCUT2D eigenvalue weighted by molar-refractivity contribution is 6.43. The van der Waals surface area contributed by atoms with Crippen LogP contribution in [0.15, 0.2) is 48.5 Å². The highest BCUT2D eigenvalue weighted by Gasteiger charge is 2.16. The third-order valence-electron chi connectivity index (χ3n) is 4.29. The lowest BCUT2D eigenvalue weighted by atomic mass is 9.96. The molecule has 29 heavy (non-hydrogen) atoms. The van der Waals surface area contributed by atoms with Crippen molar-refractivity contribution < 1.29 is 19.5 Å². The first-order valence-electron chi connectivity index (χ1n) is 9.26. The Morgan fingerprint density at radius 2 is 1.55 bits per heavy atom. The van der Waals surface area contributed by atoms with Gasteiger partial charge in [-0.3, -0.25) is 14.4 Å². The summed E-state index contributed by atoms with van der Waals surface area (Å²) in [6, 6.07) is 14.0. The Morgan fingerprint density at radius 1 is 0.931 bits per heavy atom. The van der Waals surface area contributed by atoms with Crippen molar-refractivity contribution in [3.63, 3.8) is 0 Å². The minimum atomic E-state index is -0.937. The van der Waals surface area contributed by atoms with Crippen LogP contribution in [-0.4, -0.2) is 22.9 Å². The average Bonchev–Trinajstić information content (AvgIpc) is 2.68. The van der Waals surface area contributed by atoms with Crippen molar-refractivity contribution in [3.8, 4) is 11.8 Å². The molecule has 0 spiro atoms. The van der Waals surface area contributed by atoms with Crippen molar-refractivity contribution in [1.82, 2.24) is 0 Å². The Balaban J connectivity index is 2.02. The molecule has 0 heterocycles. The Morgan fingerprint density at radius 3 is 2.10 bits per heavy atom. The molecule has 0 saturated heterocycles. The summed E-state index contributed by atoms with van der Waals surface area (Å²) in [5.41, 5.74) is 2.78. The first-order chi connectivity index (χ1) is 13.8. The standard InChI is InChI=1S/C23H24N2O4/c1-4-6-18(14-21(26)27)16-9-11-19(12-10-16)24-22(28)23(29)25-20-8-5-7-17(13-20)15(2)3/h5,7-13,15,18H,14H2,1-3H3,(H,24,28)(H,25,29)(H,26,27)/t18-/m0/s1. The van der Waals surface area contributed by atoms with Crippen LogP contribution >= 0.6 is 0 Å². The number of anilines is 2. The summed E-state index contributed by atoms with van der Waals surface area (Å²) < 4.78 is 0. The van der Waals surface area contributed by atoms with E-state index < -0.39 is 23.7 Å². The molecule has 2 aromatic carbocycles. The molecule has 0 radical (unpaired) electrons. The molecule has 6 heteroatoms. The molecule has 3 N–H and O–H groups in total. The average molecular weight is 392 g/mol. The first kappa shape index (κ1) is 21.7. The van der Waals surface area contributed by atoms with E-state index in [0.29, 0.717) is 17.3 Å². The zero-order valence-electron chi connectivity index (χ0n) is 16.7. The number of carboxylic acid groups (broad SMARTS) is 1. The van der Waals surface area contributed by atoms with Gasteiger partial charge in [-0.2, -0.15) is 0 Å². The third kappa shape index (κ3) is 6.51. The van der Waals surface area contributed by atoms with E-state index >= 15 is 0 Å². The monoisotopic (exact) mass is 392 g/mol. The van der Waals surface area contributed by atoms with Gasteiger partial charge in [0, 0.05) is 11.4 Å². The summed E-state index contributed by atoms with van der Waals surface area (Å²) in [5, 5.41) is 14.1. The fourth-order valence-corrected chi connectivity index (χ4v) is 2.75. The Hall–Kier alpha value is -3.59. The van der Waals surface area contributed by atoms with Crippen LogP contribution in [0.2, 0.25) is 0 Å². The predicted molar refractivity (Wildman–Crippen MR) is 113 cm³/mol. The van der Waals surface area contributed by atoms with E-state index in [1.807, 2.05) is 32.0 Å². The van der Waals surface area contributed by atoms with E-state index in [0.717, 1.165) is 11.1 Å². The van der Waals surface area contributed by atoms with E-state index in [1.54, 1.807) is 37.3 Å². The van der Waals surface area contributed by atoms with Crippen molar-refractivity contribution in [3.05, 3.63) is 59.7 Å². The van der Waals surface area contributed by atoms with Crippen LogP contribution in [0.25, 0.3) is 0 Å². The molecule has 0 aliphatic heterocycles. The van der Waals surface area contributed by atoms with Gasteiger partial charge < -0.3 is 15.7 Å². The lowest BCUT2D eigenvalue weighted by Gasteiger charge is -2.11. The number of benzene rings is 2. The van der Waals surface area contributed by atoms with Gasteiger partial charge in [-0.05, 0) is 48.2 Å². The van der Waals surface area contributed by atoms with Crippen LogP contribution < -0.4 is 10.6 Å². The molecule has 6 nitrogen and oxygen atoms in total. The van der Waals surface area contributed by atoms with Crippen LogP contribution in [0.3, 0.4) is 0 Å². The van der Waals surface area contributed by atoms with Crippen LogP contribution in [0.4, 0.5) is 11.4 Å². The number of nitrogens with one attached hydrogen (secondary N) is 2. The molecule has 0 aliphatic carbocycles. The number of carbonyl (C=O) groups excluding carboxylic acids is 2. The largest absolute Gasteiger partial charge is 0.481 e. The molecule has 150 valence electrons. The molecule has 0 unspecified atom stereocenters. The zero-order valence-corrected chi connectivity index (χ0v) is 16.7. The van der Waals surface area contributed by atoms with Gasteiger partial charge in [0.25, 0.3) is 0 Å². The Labute approximate surface area is 170 Å². The number of rotatable bonds is 6. The fraction of sp³-hybridized carbons (Fsp3) is 0.261. The lowest BCUT2D eigenvalue weighted by molar-refractivity contribution is -0.137. The lowest BCUT2D eigenvalue weighted by Crippen LogP contribution is -2.29. The summed E-state index contributed by atoms with van der Waals surface area (Å²) in [5.74, 6) is 2.98. The van der Waals surface area contributed by atoms with Crippen molar-refractivity contribution in [2.24, 2.45) is 0 Å². The van der Waals surface area contributed by atoms with Crippen LogP contribution in [0, 0.1) is 11.8 Å². The predicted octanol–water partition coefficient (Wildman–Crippen LogP) is 3.97. The number of aliphatic carboxylic acids is 1. The van der Waals surface area contributed by atoms with Gasteiger partial charge in [-0.25, -0.2) is 0 Å². The van der Waals surface area contributed by atoms with Crippen molar-refractivity contribution in [1.29, 1.82) is 0 Å². The molecular formula is C23H24N2O4. The van der Waals surface area contributed by atoms with Crippen LogP contribution in [0.1, 0.15) is 50.2 Å². The second-order valence-corrected chi connectivity index (χ2v) is 6.86. The molecule has 2 amide bonds. The molecule has 1 atom stereocenters. The highest BCUT2D eigenvalue weighted by Crippen LogP contribution is 2.22. The normalized spacial score (nSPS) is 11.2. The topological polar surface area (TPSA) is 95.5 Å². The number of hydrogen-bond acceptors (Lipinski definition) is 3. The van der Waals surface area contributed by atoms with Gasteiger partial charge in [-0.15, -0.1) is 5.92 Å². The maximum atomic E-state index is 12.2. The molecule has 0 fully saturated rings. The van der Waals surface area contributed by atoms with E-state index in [1.165, 1.54) is 0 Å². The molecule has 0 bridgehead atoms.